The highest BCUT2D eigenvalue weighted by atomic mass is 32.2. The van der Waals surface area contributed by atoms with Crippen LogP contribution in [0.3, 0.4) is 0 Å². The summed E-state index contributed by atoms with van der Waals surface area (Å²) in [7, 11) is -2.34. The van der Waals surface area contributed by atoms with Crippen molar-refractivity contribution < 1.29 is 27.5 Å². The largest absolute Gasteiger partial charge is 0.493 e. The number of carbonyl (C=O) groups is 2. The van der Waals surface area contributed by atoms with E-state index in [4.69, 9.17) is 14.9 Å². The van der Waals surface area contributed by atoms with E-state index in [1.807, 2.05) is 0 Å². The summed E-state index contributed by atoms with van der Waals surface area (Å²) >= 11 is 1.96. The predicted molar refractivity (Wildman–Crippen MR) is 122 cm³/mol. The van der Waals surface area contributed by atoms with Gasteiger partial charge in [0.1, 0.15) is 10.7 Å². The summed E-state index contributed by atoms with van der Waals surface area (Å²) in [5, 5.41) is 9.77. The molecule has 0 unspecified atom stereocenters. The maximum absolute atomic E-state index is 12.5. The van der Waals surface area contributed by atoms with Crippen molar-refractivity contribution in [2.45, 2.75) is 0 Å². The van der Waals surface area contributed by atoms with Crippen LogP contribution in [0.1, 0.15) is 15.2 Å². The van der Waals surface area contributed by atoms with Crippen molar-refractivity contribution >= 4 is 67.2 Å². The summed E-state index contributed by atoms with van der Waals surface area (Å²) in [5.41, 5.74) is 0.326. The number of amidine groups is 3. The number of carbonyl (C=O) groups excluding carboxylic acids is 2. The first-order chi connectivity index (χ1) is 15.2. The normalized spacial score (nSPS) is 17.2. The molecule has 1 aromatic carbocycles. The Morgan fingerprint density at radius 3 is 2.69 bits per heavy atom. The van der Waals surface area contributed by atoms with E-state index < -0.39 is 21.7 Å². The summed E-state index contributed by atoms with van der Waals surface area (Å²) in [4.78, 5) is 30.0. The molecule has 0 spiro atoms. The first kappa shape index (κ1) is 21.9. The molecule has 10 nitrogen and oxygen atoms in total. The Hall–Kier alpha value is -3.29. The van der Waals surface area contributed by atoms with Crippen molar-refractivity contribution in [2.75, 3.05) is 13.4 Å². The average molecular weight is 491 g/mol. The molecule has 0 radical (unpaired) electrons. The highest BCUT2D eigenvalue weighted by Crippen LogP contribution is 2.32. The molecule has 0 atom stereocenters. The second-order valence-corrected chi connectivity index (χ2v) is 10.0. The lowest BCUT2D eigenvalue weighted by Gasteiger charge is -2.23. The highest BCUT2D eigenvalue weighted by molar-refractivity contribution is 8.16. The number of benzene rings is 1. The second-order valence-electron chi connectivity index (χ2n) is 6.46. The van der Waals surface area contributed by atoms with Crippen LogP contribution in [-0.4, -0.2) is 54.7 Å². The van der Waals surface area contributed by atoms with E-state index in [0.29, 0.717) is 10.4 Å². The molecular formula is C19H14N4O6S3. The molecule has 0 bridgehead atoms. The van der Waals surface area contributed by atoms with Crippen molar-refractivity contribution in [3.8, 4) is 11.5 Å². The number of hydrogen-bond acceptors (Lipinski definition) is 10. The molecule has 3 heterocycles. The number of hydrogen-bond donors (Lipinski definition) is 1. The van der Waals surface area contributed by atoms with Gasteiger partial charge in [-0.15, -0.1) is 11.3 Å². The van der Waals surface area contributed by atoms with Gasteiger partial charge in [0.2, 0.25) is 20.2 Å². The number of methoxy groups -OCH3 is 1. The molecule has 1 aromatic heterocycles. The first-order valence-electron chi connectivity index (χ1n) is 8.81. The Balaban J connectivity index is 1.65. The molecule has 0 saturated heterocycles. The third kappa shape index (κ3) is 4.09. The summed E-state index contributed by atoms with van der Waals surface area (Å²) < 4.78 is 38.4. The van der Waals surface area contributed by atoms with E-state index in [1.54, 1.807) is 23.6 Å². The van der Waals surface area contributed by atoms with Crippen LogP contribution in [0.25, 0.3) is 6.08 Å². The van der Waals surface area contributed by atoms with Crippen molar-refractivity contribution in [1.29, 1.82) is 5.41 Å². The van der Waals surface area contributed by atoms with Gasteiger partial charge in [0.05, 0.1) is 24.6 Å². The molecule has 0 fully saturated rings. The van der Waals surface area contributed by atoms with Crippen LogP contribution in [0.4, 0.5) is 0 Å². The maximum Gasteiger partial charge on any atom is 0.353 e. The number of fused-ring (bicyclic) bond motifs is 1. The van der Waals surface area contributed by atoms with Crippen LogP contribution in [0, 0.1) is 5.41 Å². The zero-order valence-electron chi connectivity index (χ0n) is 16.6. The third-order valence-corrected chi connectivity index (χ3v) is 6.85. The summed E-state index contributed by atoms with van der Waals surface area (Å²) in [6, 6.07) is 7.96. The fraction of sp³-hybridized carbons (Fsp3) is 0.105. The predicted octanol–water partition coefficient (Wildman–Crippen LogP) is 2.60. The lowest BCUT2D eigenvalue weighted by atomic mass is 10.1. The molecule has 1 amide bonds. The van der Waals surface area contributed by atoms with Crippen LogP contribution >= 0.6 is 23.3 Å². The number of sulfone groups is 1. The van der Waals surface area contributed by atoms with Gasteiger partial charge in [-0.3, -0.25) is 10.2 Å². The van der Waals surface area contributed by atoms with E-state index >= 15 is 0 Å². The average Bonchev–Trinajstić information content (AvgIpc) is 3.41. The van der Waals surface area contributed by atoms with Crippen LogP contribution in [0.2, 0.25) is 0 Å². The van der Waals surface area contributed by atoms with Crippen LogP contribution in [0.5, 0.6) is 11.5 Å². The van der Waals surface area contributed by atoms with Crippen LogP contribution in [-0.2, 0) is 14.6 Å². The van der Waals surface area contributed by atoms with Gasteiger partial charge in [0.25, 0.3) is 5.91 Å². The van der Waals surface area contributed by atoms with Crippen molar-refractivity contribution in [3.05, 3.63) is 51.7 Å². The molecule has 0 aliphatic carbocycles. The molecule has 2 aliphatic rings. The molecule has 0 saturated carbocycles. The lowest BCUT2D eigenvalue weighted by Crippen LogP contribution is -2.45. The number of ether oxygens (including phenoxy) is 2. The molecular weight excluding hydrogens is 476 g/mol. The number of esters is 1. The fourth-order valence-corrected chi connectivity index (χ4v) is 5.25. The molecule has 32 heavy (non-hydrogen) atoms. The van der Waals surface area contributed by atoms with Gasteiger partial charge >= 0.3 is 5.97 Å². The third-order valence-electron chi connectivity index (χ3n) is 4.25. The Morgan fingerprint density at radius 2 is 2.03 bits per heavy atom. The van der Waals surface area contributed by atoms with Gasteiger partial charge in [-0.25, -0.2) is 18.1 Å². The molecule has 2 aromatic rings. The van der Waals surface area contributed by atoms with E-state index in [-0.39, 0.29) is 33.2 Å². The SMILES string of the molecule is COc1cc(/C=C2/C(=N)N3C(=NC2=O)SN=C3S(C)(=O)=O)ccc1OC(=O)c1cccs1. The van der Waals surface area contributed by atoms with Crippen LogP contribution in [0.15, 0.2) is 50.7 Å². The minimum atomic E-state index is -3.74. The van der Waals surface area contributed by atoms with E-state index in [0.717, 1.165) is 23.1 Å². The lowest BCUT2D eigenvalue weighted by molar-refractivity contribution is -0.114. The fourth-order valence-electron chi connectivity index (χ4n) is 2.81. The highest BCUT2D eigenvalue weighted by Gasteiger charge is 2.41. The number of aliphatic imine (C=N–C) groups is 1. The molecule has 2 aliphatic heterocycles. The molecule has 13 heteroatoms. The van der Waals surface area contributed by atoms with E-state index in [2.05, 4.69) is 9.39 Å². The summed E-state index contributed by atoms with van der Waals surface area (Å²) in [6.45, 7) is 0. The van der Waals surface area contributed by atoms with E-state index in [9.17, 15) is 18.0 Å². The maximum atomic E-state index is 12.5. The van der Waals surface area contributed by atoms with Gasteiger partial charge in [0, 0.05) is 6.26 Å². The van der Waals surface area contributed by atoms with E-state index in [1.165, 1.54) is 36.7 Å². The smallest absolute Gasteiger partial charge is 0.353 e. The topological polar surface area (TPSA) is 139 Å². The number of rotatable bonds is 4. The molecule has 1 N–H and O–H groups in total. The zero-order chi connectivity index (χ0) is 23.0. The Morgan fingerprint density at radius 1 is 1.25 bits per heavy atom. The second kappa shape index (κ2) is 8.33. The minimum Gasteiger partial charge on any atom is -0.493 e. The summed E-state index contributed by atoms with van der Waals surface area (Å²) in [5.74, 6) is -1.18. The number of nitrogens with zero attached hydrogens (tertiary/aromatic N) is 3. The minimum absolute atomic E-state index is 0.00555. The number of nitrogens with one attached hydrogen (secondary N) is 1. The number of amides is 1. The summed E-state index contributed by atoms with van der Waals surface area (Å²) in [6.07, 6.45) is 2.34. The van der Waals surface area contributed by atoms with Gasteiger partial charge in [-0.2, -0.15) is 9.39 Å². The van der Waals surface area contributed by atoms with Crippen molar-refractivity contribution in [3.63, 3.8) is 0 Å². The quantitative estimate of drug-likeness (QED) is 0.299. The molecule has 4 rings (SSSR count). The number of thiophene rings is 1. The Kier molecular flexibility index (Phi) is 5.71. The van der Waals surface area contributed by atoms with Gasteiger partial charge < -0.3 is 9.47 Å². The van der Waals surface area contributed by atoms with Gasteiger partial charge in [0.15, 0.2) is 11.5 Å². The Bertz CT molecular complexity index is 1340. The first-order valence-corrected chi connectivity index (χ1v) is 12.4. The molecule has 164 valence electrons. The van der Waals surface area contributed by atoms with Crippen LogP contribution < -0.4 is 9.47 Å². The zero-order valence-corrected chi connectivity index (χ0v) is 19.0. The van der Waals surface area contributed by atoms with Gasteiger partial charge in [-0.05, 0) is 35.2 Å². The van der Waals surface area contributed by atoms with Crippen molar-refractivity contribution in [1.82, 2.24) is 4.90 Å². The Labute approximate surface area is 190 Å². The standard InChI is InChI=1S/C19H14N4O6S3/c1-28-13-9-10(5-6-12(13)29-17(25)14-4-3-7-30-14)8-11-15(20)23-18(21-16(11)24)31-22-19(23)32(2,26)27/h3-9,20H,1-2H3/b11-8-,20-15?. The van der Waals surface area contributed by atoms with Gasteiger partial charge in [-0.1, -0.05) is 12.1 Å². The van der Waals surface area contributed by atoms with Crippen molar-refractivity contribution in [2.24, 2.45) is 9.39 Å². The monoisotopic (exact) mass is 490 g/mol.